The number of hydrogen-bond donors (Lipinski definition) is 0. The summed E-state index contributed by atoms with van der Waals surface area (Å²) < 4.78 is 2.70. The van der Waals surface area contributed by atoms with Gasteiger partial charge in [-0.2, -0.15) is 0 Å². The quantitative estimate of drug-likeness (QED) is 0.667. The van der Waals surface area contributed by atoms with Crippen molar-refractivity contribution in [1.82, 2.24) is 3.55 Å². The van der Waals surface area contributed by atoms with Gasteiger partial charge in [-0.15, -0.1) is 0 Å². The summed E-state index contributed by atoms with van der Waals surface area (Å²) in [6.07, 6.45) is 0. The van der Waals surface area contributed by atoms with E-state index in [0.717, 1.165) is 11.8 Å². The molecular formula is C17H26AlN. The van der Waals surface area contributed by atoms with E-state index in [1.165, 1.54) is 27.2 Å². The number of nitrogens with zero attached hydrogens (tertiary/aromatic N) is 1. The average Bonchev–Trinajstić information content (AvgIpc) is 2.62. The number of aromatic nitrogens is 1. The molecule has 0 N–H and O–H groups in total. The van der Waals surface area contributed by atoms with Crippen LogP contribution in [0.4, 0.5) is 0 Å². The zero-order chi connectivity index (χ0) is 14.0. The summed E-state index contributed by atoms with van der Waals surface area (Å²) in [5.41, 5.74) is 2.91. The molecule has 0 bridgehead atoms. The van der Waals surface area contributed by atoms with Crippen molar-refractivity contribution in [3.05, 3.63) is 36.0 Å². The SMILES string of the molecule is Cc1cc2ccccc2[n]1[Al]([CH2]C(C)C)[CH2]C(C)C. The maximum absolute atomic E-state index is 2.70. The molecular weight excluding hydrogens is 245 g/mol. The predicted octanol–water partition coefficient (Wildman–Crippen LogP) is 5.10. The lowest BCUT2D eigenvalue weighted by molar-refractivity contribution is 0.681. The van der Waals surface area contributed by atoms with Gasteiger partial charge in [0.05, 0.1) is 0 Å². The molecule has 0 amide bonds. The van der Waals surface area contributed by atoms with Crippen LogP contribution in [0.3, 0.4) is 0 Å². The van der Waals surface area contributed by atoms with Gasteiger partial charge in [-0.3, -0.25) is 0 Å². The van der Waals surface area contributed by atoms with Crippen LogP contribution in [0.5, 0.6) is 0 Å². The van der Waals surface area contributed by atoms with Gasteiger partial charge in [0.25, 0.3) is 0 Å². The molecule has 0 saturated heterocycles. The summed E-state index contributed by atoms with van der Waals surface area (Å²) in [6.45, 7) is 11.7. The Balaban J connectivity index is 2.45. The van der Waals surface area contributed by atoms with Crippen molar-refractivity contribution < 1.29 is 0 Å². The molecule has 2 aromatic rings. The van der Waals surface area contributed by atoms with Crippen molar-refractivity contribution in [1.29, 1.82) is 0 Å². The van der Waals surface area contributed by atoms with E-state index >= 15 is 0 Å². The molecule has 0 aliphatic rings. The van der Waals surface area contributed by atoms with Crippen LogP contribution in [0.2, 0.25) is 10.6 Å². The minimum Gasteiger partial charge on any atom is -0.437 e. The van der Waals surface area contributed by atoms with Gasteiger partial charge in [-0.05, 0) is 30.1 Å². The zero-order valence-corrected chi connectivity index (χ0v) is 14.1. The molecule has 1 nitrogen and oxygen atoms in total. The van der Waals surface area contributed by atoms with E-state index < -0.39 is 14.4 Å². The largest absolute Gasteiger partial charge is 0.437 e. The van der Waals surface area contributed by atoms with E-state index in [9.17, 15) is 0 Å². The smallest absolute Gasteiger partial charge is 0.419 e. The van der Waals surface area contributed by atoms with Crippen LogP contribution in [0.1, 0.15) is 33.4 Å². The third-order valence-electron chi connectivity index (χ3n) is 3.79. The molecule has 0 fully saturated rings. The lowest BCUT2D eigenvalue weighted by Gasteiger charge is -2.20. The Morgan fingerprint density at radius 1 is 1.00 bits per heavy atom. The highest BCUT2D eigenvalue weighted by atomic mass is 27.2. The van der Waals surface area contributed by atoms with E-state index in [1.54, 1.807) is 0 Å². The van der Waals surface area contributed by atoms with Crippen LogP contribution in [0, 0.1) is 18.8 Å². The third-order valence-corrected chi connectivity index (χ3v) is 8.18. The molecule has 19 heavy (non-hydrogen) atoms. The van der Waals surface area contributed by atoms with Crippen LogP contribution >= 0.6 is 0 Å². The average molecular weight is 271 g/mol. The Bertz CT molecular complexity index is 529. The molecule has 2 heteroatoms. The fraction of sp³-hybridized carbons (Fsp3) is 0.529. The summed E-state index contributed by atoms with van der Waals surface area (Å²) in [4.78, 5) is 0. The monoisotopic (exact) mass is 271 g/mol. The van der Waals surface area contributed by atoms with Gasteiger partial charge in [0, 0.05) is 5.52 Å². The van der Waals surface area contributed by atoms with Crippen LogP contribution in [0.25, 0.3) is 10.9 Å². The number of para-hydroxylation sites is 1. The molecule has 1 aromatic carbocycles. The van der Waals surface area contributed by atoms with E-state index in [2.05, 4.69) is 68.5 Å². The molecule has 1 aromatic heterocycles. The first kappa shape index (κ1) is 14.7. The standard InChI is InChI=1S/C9H8N.2C4H9.Al/c1-7-6-8-4-2-3-5-9(8)10-7;2*1-4(2)3;/h2-6H,1H3;2*4H,1H2,2-3H3;/q-1;;;+1. The van der Waals surface area contributed by atoms with Crippen molar-refractivity contribution >= 4 is 25.3 Å². The Morgan fingerprint density at radius 2 is 1.58 bits per heavy atom. The molecule has 1 heterocycles. The first-order valence-electron chi connectivity index (χ1n) is 7.55. The van der Waals surface area contributed by atoms with Crippen LogP contribution < -0.4 is 0 Å². The van der Waals surface area contributed by atoms with Crippen LogP contribution in [-0.4, -0.2) is 17.9 Å². The normalized spacial score (nSPS) is 11.7. The Morgan fingerprint density at radius 3 is 2.16 bits per heavy atom. The Labute approximate surface area is 122 Å². The molecule has 0 spiro atoms. The molecule has 0 unspecified atom stereocenters. The minimum absolute atomic E-state index is 0.802. The van der Waals surface area contributed by atoms with Crippen molar-refractivity contribution in [3.63, 3.8) is 0 Å². The third kappa shape index (κ3) is 3.44. The first-order chi connectivity index (χ1) is 8.99. The second-order valence-corrected chi connectivity index (χ2v) is 9.39. The minimum atomic E-state index is -0.932. The van der Waals surface area contributed by atoms with E-state index in [1.807, 2.05) is 0 Å². The van der Waals surface area contributed by atoms with Crippen molar-refractivity contribution in [2.24, 2.45) is 11.8 Å². The van der Waals surface area contributed by atoms with Crippen LogP contribution in [0.15, 0.2) is 30.3 Å². The van der Waals surface area contributed by atoms with Gasteiger partial charge in [-0.1, -0.05) is 68.3 Å². The van der Waals surface area contributed by atoms with Crippen LogP contribution in [-0.2, 0) is 0 Å². The topological polar surface area (TPSA) is 4.93 Å². The fourth-order valence-corrected chi connectivity index (χ4v) is 7.26. The summed E-state index contributed by atoms with van der Waals surface area (Å²) in [6, 6.07) is 11.2. The van der Waals surface area contributed by atoms with Gasteiger partial charge in [0.15, 0.2) is 0 Å². The molecule has 0 atom stereocenters. The highest BCUT2D eigenvalue weighted by molar-refractivity contribution is 6.58. The number of aryl methyl sites for hydroxylation is 1. The highest BCUT2D eigenvalue weighted by Crippen LogP contribution is 2.25. The van der Waals surface area contributed by atoms with Gasteiger partial charge in [0.2, 0.25) is 0 Å². The van der Waals surface area contributed by atoms with Crippen molar-refractivity contribution in [2.75, 3.05) is 0 Å². The molecule has 102 valence electrons. The molecule has 0 aliphatic carbocycles. The Kier molecular flexibility index (Phi) is 4.77. The zero-order valence-electron chi connectivity index (χ0n) is 13.0. The molecule has 0 saturated carbocycles. The second-order valence-electron chi connectivity index (χ2n) is 6.63. The predicted molar refractivity (Wildman–Crippen MR) is 87.1 cm³/mol. The van der Waals surface area contributed by atoms with Gasteiger partial charge >= 0.3 is 14.4 Å². The summed E-state index contributed by atoms with van der Waals surface area (Å²) in [5.74, 6) is 1.60. The number of rotatable bonds is 5. The van der Waals surface area contributed by atoms with E-state index in [-0.39, 0.29) is 0 Å². The van der Waals surface area contributed by atoms with E-state index in [0.29, 0.717) is 0 Å². The Hall–Kier alpha value is -0.708. The lowest BCUT2D eigenvalue weighted by atomic mass is 10.2. The second kappa shape index (κ2) is 6.16. The fourth-order valence-electron chi connectivity index (χ4n) is 3.19. The maximum atomic E-state index is 2.70. The van der Waals surface area contributed by atoms with Crippen molar-refractivity contribution in [3.8, 4) is 0 Å². The molecule has 0 aliphatic heterocycles. The van der Waals surface area contributed by atoms with Gasteiger partial charge in [-0.25, -0.2) is 0 Å². The summed E-state index contributed by atoms with van der Waals surface area (Å²) in [5, 5.41) is 4.21. The van der Waals surface area contributed by atoms with Gasteiger partial charge in [0.1, 0.15) is 0 Å². The first-order valence-corrected chi connectivity index (χ1v) is 9.70. The van der Waals surface area contributed by atoms with Crippen molar-refractivity contribution in [2.45, 2.75) is 45.2 Å². The number of fused-ring (bicyclic) bond motifs is 1. The summed E-state index contributed by atoms with van der Waals surface area (Å²) in [7, 11) is 0. The number of benzene rings is 1. The van der Waals surface area contributed by atoms with Gasteiger partial charge < -0.3 is 3.55 Å². The highest BCUT2D eigenvalue weighted by Gasteiger charge is 2.26. The lowest BCUT2D eigenvalue weighted by Crippen LogP contribution is -2.28. The van der Waals surface area contributed by atoms with E-state index in [4.69, 9.17) is 0 Å². The molecule has 2 rings (SSSR count). The summed E-state index contributed by atoms with van der Waals surface area (Å²) >= 11 is -0.932. The molecule has 0 radical (unpaired) electrons. The number of hydrogen-bond acceptors (Lipinski definition) is 0. The maximum Gasteiger partial charge on any atom is 0.419 e.